The van der Waals surface area contributed by atoms with E-state index < -0.39 is 17.0 Å². The van der Waals surface area contributed by atoms with Crippen molar-refractivity contribution in [2.24, 2.45) is 5.41 Å². The van der Waals surface area contributed by atoms with Crippen molar-refractivity contribution >= 4 is 0 Å². The summed E-state index contributed by atoms with van der Waals surface area (Å²) < 4.78 is 30.4. The van der Waals surface area contributed by atoms with Crippen molar-refractivity contribution in [3.8, 4) is 17.1 Å². The highest BCUT2D eigenvalue weighted by atomic mass is 19.1. The summed E-state index contributed by atoms with van der Waals surface area (Å²) in [5, 5.41) is 13.0. The van der Waals surface area contributed by atoms with Crippen LogP contribution in [0.5, 0.6) is 0 Å². The molecule has 0 N–H and O–H groups in total. The van der Waals surface area contributed by atoms with Crippen LogP contribution < -0.4 is 0 Å². The highest BCUT2D eigenvalue weighted by Crippen LogP contribution is 2.69. The van der Waals surface area contributed by atoms with E-state index in [1.165, 1.54) is 24.5 Å². The minimum Gasteiger partial charge on any atom is -0.259 e. The summed E-state index contributed by atoms with van der Waals surface area (Å²) in [7, 11) is 0. The Kier molecular flexibility index (Phi) is 3.84. The summed E-state index contributed by atoms with van der Waals surface area (Å²) in [6.45, 7) is 4.39. The molecule has 0 aliphatic heterocycles. The average molecular weight is 431 g/mol. The maximum absolute atomic E-state index is 14.4. The summed E-state index contributed by atoms with van der Waals surface area (Å²) >= 11 is 0. The molecule has 1 aromatic carbocycles. The van der Waals surface area contributed by atoms with Crippen LogP contribution in [0, 0.1) is 17.0 Å². The molecule has 3 heterocycles. The summed E-state index contributed by atoms with van der Waals surface area (Å²) in [6, 6.07) is 5.61. The molecule has 9 heteroatoms. The fourth-order valence-corrected chi connectivity index (χ4v) is 5.75. The number of hydrogen-bond acceptors (Lipinski definition) is 6. The monoisotopic (exact) mass is 431 g/mol. The second kappa shape index (κ2) is 6.44. The molecular formula is C23H19F2N7. The van der Waals surface area contributed by atoms with Crippen LogP contribution in [0.4, 0.5) is 8.78 Å². The molecule has 4 aromatic rings. The third kappa shape index (κ3) is 2.33. The highest BCUT2D eigenvalue weighted by Gasteiger charge is 2.65. The smallest absolute Gasteiger partial charge is 0.173 e. The number of hydrogen-bond donors (Lipinski definition) is 0. The van der Waals surface area contributed by atoms with Gasteiger partial charge in [-0.1, -0.05) is 19.9 Å². The molecule has 7 nitrogen and oxygen atoms in total. The van der Waals surface area contributed by atoms with Gasteiger partial charge < -0.3 is 0 Å². The predicted molar refractivity (Wildman–Crippen MR) is 111 cm³/mol. The Morgan fingerprint density at radius 3 is 2.62 bits per heavy atom. The van der Waals surface area contributed by atoms with Crippen LogP contribution in [-0.4, -0.2) is 34.9 Å². The Balaban J connectivity index is 1.54. The van der Waals surface area contributed by atoms with E-state index in [-0.39, 0.29) is 22.6 Å². The van der Waals surface area contributed by atoms with Crippen LogP contribution in [0.25, 0.3) is 17.1 Å². The minimum atomic E-state index is -0.650. The molecule has 2 atom stereocenters. The first-order valence-corrected chi connectivity index (χ1v) is 10.4. The Hall–Kier alpha value is -3.62. The summed E-state index contributed by atoms with van der Waals surface area (Å²) in [5.41, 5.74) is 1.90. The molecule has 0 unspecified atom stereocenters. The van der Waals surface area contributed by atoms with E-state index in [9.17, 15) is 8.78 Å². The van der Waals surface area contributed by atoms with E-state index in [2.05, 4.69) is 39.1 Å². The first-order valence-electron chi connectivity index (χ1n) is 10.4. The van der Waals surface area contributed by atoms with Gasteiger partial charge in [0.05, 0.1) is 34.3 Å². The van der Waals surface area contributed by atoms with E-state index in [0.717, 1.165) is 29.8 Å². The Labute approximate surface area is 182 Å². The lowest BCUT2D eigenvalue weighted by Gasteiger charge is -2.37. The third-order valence-corrected chi connectivity index (χ3v) is 7.31. The summed E-state index contributed by atoms with van der Waals surface area (Å²) in [5.74, 6) is -0.566. The fourth-order valence-electron chi connectivity index (χ4n) is 5.75. The van der Waals surface area contributed by atoms with Crippen molar-refractivity contribution < 1.29 is 8.78 Å². The zero-order valence-electron chi connectivity index (χ0n) is 17.5. The van der Waals surface area contributed by atoms with E-state index in [0.29, 0.717) is 5.82 Å². The topological polar surface area (TPSA) is 82.3 Å². The van der Waals surface area contributed by atoms with Gasteiger partial charge in [-0.15, -0.1) is 5.10 Å². The van der Waals surface area contributed by atoms with Gasteiger partial charge in [0.25, 0.3) is 0 Å². The second-order valence-electron chi connectivity index (χ2n) is 8.95. The Morgan fingerprint density at radius 2 is 1.88 bits per heavy atom. The standard InChI is InChI=1S/C23H19F2N7/c1-22(2)14-6-7-23(22,18-9-26-10-19(29-18)32-12-27-11-28-32)21-13(14)8-17(30-31-21)20-15(24)4-3-5-16(20)25/h3-5,8-12,14H,6-7H2,1-2H3/t14-,23+/m0/s1. The maximum atomic E-state index is 14.4. The number of fused-ring (bicyclic) bond motifs is 5. The van der Waals surface area contributed by atoms with Crippen LogP contribution in [0.3, 0.4) is 0 Å². The zero-order valence-corrected chi connectivity index (χ0v) is 17.5. The molecule has 6 rings (SSSR count). The van der Waals surface area contributed by atoms with Crippen molar-refractivity contribution in [2.45, 2.75) is 38.0 Å². The van der Waals surface area contributed by atoms with Gasteiger partial charge in [0.2, 0.25) is 0 Å². The van der Waals surface area contributed by atoms with Crippen LogP contribution >= 0.6 is 0 Å². The zero-order chi connectivity index (χ0) is 22.1. The molecule has 2 bridgehead atoms. The van der Waals surface area contributed by atoms with Crippen LogP contribution in [0.2, 0.25) is 0 Å². The maximum Gasteiger partial charge on any atom is 0.173 e. The van der Waals surface area contributed by atoms with Crippen LogP contribution in [-0.2, 0) is 5.41 Å². The molecule has 32 heavy (non-hydrogen) atoms. The highest BCUT2D eigenvalue weighted by molar-refractivity contribution is 5.64. The van der Waals surface area contributed by atoms with Crippen molar-refractivity contribution in [1.82, 2.24) is 34.9 Å². The SMILES string of the molecule is CC1(C)[C@H]2CC[C@@]1(c1cncc(-n3cncn3)n1)c1nnc(-c3c(F)cccc3F)cc12. The van der Waals surface area contributed by atoms with Gasteiger partial charge in [0, 0.05) is 6.20 Å². The molecule has 0 spiro atoms. The molecule has 2 aliphatic rings. The average Bonchev–Trinajstić information content (AvgIpc) is 3.45. The lowest BCUT2D eigenvalue weighted by atomic mass is 9.66. The van der Waals surface area contributed by atoms with Gasteiger partial charge in [-0.05, 0) is 47.9 Å². The third-order valence-electron chi connectivity index (χ3n) is 7.31. The van der Waals surface area contributed by atoms with E-state index in [1.54, 1.807) is 29.5 Å². The number of aromatic nitrogens is 7. The van der Waals surface area contributed by atoms with Gasteiger partial charge in [-0.25, -0.2) is 23.4 Å². The molecule has 0 radical (unpaired) electrons. The molecule has 0 saturated heterocycles. The number of rotatable bonds is 3. The molecule has 2 aliphatic carbocycles. The lowest BCUT2D eigenvalue weighted by molar-refractivity contribution is 0.242. The van der Waals surface area contributed by atoms with Crippen molar-refractivity contribution in [3.63, 3.8) is 0 Å². The quantitative estimate of drug-likeness (QED) is 0.488. The number of halogens is 2. The van der Waals surface area contributed by atoms with Crippen molar-refractivity contribution in [2.75, 3.05) is 0 Å². The first-order chi connectivity index (χ1) is 15.4. The number of nitrogens with zero attached hydrogens (tertiary/aromatic N) is 7. The van der Waals surface area contributed by atoms with E-state index in [4.69, 9.17) is 4.98 Å². The van der Waals surface area contributed by atoms with Crippen molar-refractivity contribution in [1.29, 1.82) is 0 Å². The number of benzene rings is 1. The molecule has 3 aromatic heterocycles. The Bertz CT molecular complexity index is 1330. The molecule has 0 amide bonds. The molecule has 1 fully saturated rings. The summed E-state index contributed by atoms with van der Waals surface area (Å²) in [6.07, 6.45) is 8.19. The van der Waals surface area contributed by atoms with Gasteiger partial charge in [-0.3, -0.25) is 4.98 Å². The predicted octanol–water partition coefficient (Wildman–Crippen LogP) is 4.00. The largest absolute Gasteiger partial charge is 0.259 e. The Morgan fingerprint density at radius 1 is 1.06 bits per heavy atom. The second-order valence-corrected chi connectivity index (χ2v) is 8.95. The normalized spacial score (nSPS) is 22.8. The van der Waals surface area contributed by atoms with E-state index >= 15 is 0 Å². The van der Waals surface area contributed by atoms with Gasteiger partial charge in [0.15, 0.2) is 5.82 Å². The first kappa shape index (κ1) is 19.1. The lowest BCUT2D eigenvalue weighted by Crippen LogP contribution is -2.38. The fraction of sp³-hybridized carbons (Fsp3) is 0.304. The van der Waals surface area contributed by atoms with Gasteiger partial charge >= 0.3 is 0 Å². The molecular weight excluding hydrogens is 412 g/mol. The van der Waals surface area contributed by atoms with Crippen LogP contribution in [0.15, 0.2) is 49.3 Å². The van der Waals surface area contributed by atoms with E-state index in [1.807, 2.05) is 0 Å². The molecule has 160 valence electrons. The van der Waals surface area contributed by atoms with Crippen molar-refractivity contribution in [3.05, 3.63) is 77.9 Å². The van der Waals surface area contributed by atoms with Gasteiger partial charge in [0.1, 0.15) is 24.3 Å². The molecule has 1 saturated carbocycles. The van der Waals surface area contributed by atoms with Crippen LogP contribution in [0.1, 0.15) is 49.6 Å². The van der Waals surface area contributed by atoms with Gasteiger partial charge in [-0.2, -0.15) is 10.2 Å². The minimum absolute atomic E-state index is 0.148. The summed E-state index contributed by atoms with van der Waals surface area (Å²) in [4.78, 5) is 13.3.